The van der Waals surface area contributed by atoms with Crippen molar-refractivity contribution in [3.05, 3.63) is 17.5 Å². The van der Waals surface area contributed by atoms with Crippen LogP contribution in [0, 0.1) is 0 Å². The molecule has 0 aliphatic rings. The highest BCUT2D eigenvalue weighted by molar-refractivity contribution is 5.67. The summed E-state index contributed by atoms with van der Waals surface area (Å²) in [6.07, 6.45) is -6.82. The Hall–Kier alpha value is -1.57. The van der Waals surface area contributed by atoms with Gasteiger partial charge in [0.05, 0.1) is 12.1 Å². The number of aliphatic carboxylic acids is 1. The van der Waals surface area contributed by atoms with Gasteiger partial charge in [0, 0.05) is 0 Å². The third-order valence-corrected chi connectivity index (χ3v) is 1.62. The van der Waals surface area contributed by atoms with Crippen LogP contribution in [0.4, 0.5) is 13.2 Å². The second-order valence-corrected chi connectivity index (χ2v) is 2.82. The number of hydrogen-bond acceptors (Lipinski definition) is 3. The van der Waals surface area contributed by atoms with Gasteiger partial charge in [-0.2, -0.15) is 18.3 Å². The summed E-state index contributed by atoms with van der Waals surface area (Å²) < 4.78 is 36.1. The lowest BCUT2D eigenvalue weighted by Crippen LogP contribution is -2.06. The first-order valence-corrected chi connectivity index (χ1v) is 3.83. The molecule has 0 fully saturated rings. The molecule has 84 valence electrons. The standard InChI is InChI=1S/C7H7F3N2O3/c8-7(9,10)5-1-3(11-12-5)4(13)2-6(14)15/h1,4,13H,2H2,(H,11,12)(H,14,15)/t4-/m1/s1. The first-order chi connectivity index (χ1) is 6.80. The maximum absolute atomic E-state index is 12.0. The quantitative estimate of drug-likeness (QED) is 0.713. The van der Waals surface area contributed by atoms with Crippen LogP contribution in [-0.4, -0.2) is 26.4 Å². The number of aromatic nitrogens is 2. The lowest BCUT2D eigenvalue weighted by molar-refractivity contribution is -0.141. The molecule has 1 aromatic rings. The Morgan fingerprint density at radius 3 is 2.60 bits per heavy atom. The van der Waals surface area contributed by atoms with Gasteiger partial charge in [0.15, 0.2) is 5.69 Å². The number of carbonyl (C=O) groups is 1. The van der Waals surface area contributed by atoms with E-state index in [2.05, 4.69) is 5.10 Å². The maximum Gasteiger partial charge on any atom is 0.435 e. The van der Waals surface area contributed by atoms with Gasteiger partial charge in [-0.1, -0.05) is 0 Å². The Balaban J connectivity index is 2.80. The summed E-state index contributed by atoms with van der Waals surface area (Å²) >= 11 is 0. The van der Waals surface area contributed by atoms with Crippen molar-refractivity contribution in [2.24, 2.45) is 0 Å². The molecule has 1 aromatic heterocycles. The largest absolute Gasteiger partial charge is 0.481 e. The zero-order valence-electron chi connectivity index (χ0n) is 7.25. The molecule has 1 heterocycles. The van der Waals surface area contributed by atoms with Gasteiger partial charge in [-0.3, -0.25) is 9.89 Å². The Labute approximate surface area is 81.5 Å². The Morgan fingerprint density at radius 1 is 1.60 bits per heavy atom. The van der Waals surface area contributed by atoms with Crippen molar-refractivity contribution in [1.82, 2.24) is 10.2 Å². The fourth-order valence-electron chi connectivity index (χ4n) is 0.928. The number of H-pyrrole nitrogens is 1. The van der Waals surface area contributed by atoms with Crippen molar-refractivity contribution in [1.29, 1.82) is 0 Å². The van der Waals surface area contributed by atoms with Crippen molar-refractivity contribution in [3.8, 4) is 0 Å². The smallest absolute Gasteiger partial charge is 0.435 e. The van der Waals surface area contributed by atoms with E-state index < -0.39 is 30.4 Å². The molecular formula is C7H7F3N2O3. The second kappa shape index (κ2) is 3.89. The summed E-state index contributed by atoms with van der Waals surface area (Å²) in [5, 5.41) is 22.3. The van der Waals surface area contributed by atoms with E-state index in [4.69, 9.17) is 10.2 Å². The van der Waals surface area contributed by atoms with Crippen LogP contribution in [0.2, 0.25) is 0 Å². The van der Waals surface area contributed by atoms with Gasteiger partial charge in [0.1, 0.15) is 6.10 Å². The zero-order valence-corrected chi connectivity index (χ0v) is 7.25. The molecule has 3 N–H and O–H groups in total. The number of carboxylic acid groups (broad SMARTS) is 1. The summed E-state index contributed by atoms with van der Waals surface area (Å²) in [7, 11) is 0. The second-order valence-electron chi connectivity index (χ2n) is 2.82. The number of rotatable bonds is 3. The number of nitrogens with zero attached hydrogens (tertiary/aromatic N) is 1. The summed E-state index contributed by atoms with van der Waals surface area (Å²) in [6, 6.07) is 0.577. The summed E-state index contributed by atoms with van der Waals surface area (Å²) in [6.45, 7) is 0. The van der Waals surface area contributed by atoms with E-state index in [9.17, 15) is 18.0 Å². The SMILES string of the molecule is O=C(O)C[C@@H](O)c1cc(C(F)(F)F)n[nH]1. The minimum absolute atomic E-state index is 0.273. The van der Waals surface area contributed by atoms with Crippen molar-refractivity contribution in [2.75, 3.05) is 0 Å². The van der Waals surface area contributed by atoms with Crippen LogP contribution < -0.4 is 0 Å². The normalized spacial score (nSPS) is 13.9. The zero-order chi connectivity index (χ0) is 11.6. The van der Waals surface area contributed by atoms with Gasteiger partial charge in [0.25, 0.3) is 0 Å². The van der Waals surface area contributed by atoms with Crippen LogP contribution in [0.25, 0.3) is 0 Å². The van der Waals surface area contributed by atoms with Gasteiger partial charge < -0.3 is 10.2 Å². The average molecular weight is 224 g/mol. The van der Waals surface area contributed by atoms with Gasteiger partial charge in [-0.15, -0.1) is 0 Å². The number of hydrogen-bond donors (Lipinski definition) is 3. The molecular weight excluding hydrogens is 217 g/mol. The number of aliphatic hydroxyl groups excluding tert-OH is 1. The van der Waals surface area contributed by atoms with E-state index in [-0.39, 0.29) is 5.69 Å². The summed E-state index contributed by atoms with van der Waals surface area (Å²) in [5.41, 5.74) is -1.47. The van der Waals surface area contributed by atoms with Crippen LogP contribution in [-0.2, 0) is 11.0 Å². The van der Waals surface area contributed by atoms with Crippen molar-refractivity contribution in [3.63, 3.8) is 0 Å². The van der Waals surface area contributed by atoms with Gasteiger partial charge >= 0.3 is 12.1 Å². The van der Waals surface area contributed by atoms with Gasteiger partial charge in [0.2, 0.25) is 0 Å². The number of carboxylic acids is 1. The van der Waals surface area contributed by atoms with E-state index in [1.165, 1.54) is 0 Å². The van der Waals surface area contributed by atoms with E-state index in [1.54, 1.807) is 0 Å². The van der Waals surface area contributed by atoms with Crippen molar-refractivity contribution >= 4 is 5.97 Å². The number of nitrogens with one attached hydrogen (secondary N) is 1. The molecule has 0 aliphatic heterocycles. The first kappa shape index (κ1) is 11.5. The molecule has 0 amide bonds. The van der Waals surface area contributed by atoms with E-state index >= 15 is 0 Å². The third kappa shape index (κ3) is 2.94. The molecule has 0 aliphatic carbocycles. The molecule has 0 aromatic carbocycles. The third-order valence-electron chi connectivity index (χ3n) is 1.62. The topological polar surface area (TPSA) is 86.2 Å². The molecule has 0 radical (unpaired) electrons. The molecule has 0 bridgehead atoms. The molecule has 0 unspecified atom stereocenters. The van der Waals surface area contributed by atoms with Gasteiger partial charge in [-0.05, 0) is 6.07 Å². The van der Waals surface area contributed by atoms with Crippen LogP contribution in [0.3, 0.4) is 0 Å². The molecule has 0 saturated heterocycles. The fraction of sp³-hybridized carbons (Fsp3) is 0.429. The monoisotopic (exact) mass is 224 g/mol. The van der Waals surface area contributed by atoms with E-state index in [0.29, 0.717) is 6.07 Å². The van der Waals surface area contributed by atoms with Crippen LogP contribution in [0.15, 0.2) is 6.07 Å². The lowest BCUT2D eigenvalue weighted by Gasteiger charge is -2.03. The maximum atomic E-state index is 12.0. The van der Waals surface area contributed by atoms with Crippen molar-refractivity contribution in [2.45, 2.75) is 18.7 Å². The molecule has 15 heavy (non-hydrogen) atoms. The average Bonchev–Trinajstić information content (AvgIpc) is 2.48. The molecule has 0 spiro atoms. The molecule has 8 heteroatoms. The number of alkyl halides is 3. The van der Waals surface area contributed by atoms with Crippen LogP contribution in [0.5, 0.6) is 0 Å². The van der Waals surface area contributed by atoms with Gasteiger partial charge in [-0.25, -0.2) is 0 Å². The van der Waals surface area contributed by atoms with Crippen LogP contribution >= 0.6 is 0 Å². The Morgan fingerprint density at radius 2 is 2.20 bits per heavy atom. The Kier molecular flexibility index (Phi) is 2.98. The van der Waals surface area contributed by atoms with Crippen LogP contribution in [0.1, 0.15) is 23.9 Å². The predicted molar refractivity (Wildman–Crippen MR) is 40.8 cm³/mol. The minimum atomic E-state index is -4.61. The highest BCUT2D eigenvalue weighted by atomic mass is 19.4. The highest BCUT2D eigenvalue weighted by Crippen LogP contribution is 2.29. The van der Waals surface area contributed by atoms with Crippen molar-refractivity contribution < 1.29 is 28.2 Å². The fourth-order valence-corrected chi connectivity index (χ4v) is 0.928. The minimum Gasteiger partial charge on any atom is -0.481 e. The summed E-state index contributed by atoms with van der Waals surface area (Å²) in [5.74, 6) is -1.31. The summed E-state index contributed by atoms with van der Waals surface area (Å²) in [4.78, 5) is 10.2. The predicted octanol–water partition coefficient (Wildman–Crippen LogP) is 0.937. The lowest BCUT2D eigenvalue weighted by atomic mass is 10.2. The molecule has 1 rings (SSSR count). The number of aliphatic hydroxyl groups is 1. The number of aromatic amines is 1. The molecule has 1 atom stereocenters. The highest BCUT2D eigenvalue weighted by Gasteiger charge is 2.34. The number of halogens is 3. The molecule has 0 saturated carbocycles. The van der Waals surface area contributed by atoms with E-state index in [0.717, 1.165) is 0 Å². The first-order valence-electron chi connectivity index (χ1n) is 3.83. The van der Waals surface area contributed by atoms with E-state index in [1.807, 2.05) is 5.10 Å². The Bertz CT molecular complexity index is 361. The molecule has 5 nitrogen and oxygen atoms in total.